The summed E-state index contributed by atoms with van der Waals surface area (Å²) in [5.74, 6) is 0.985. The monoisotopic (exact) mass is 262 g/mol. The molecule has 0 amide bonds. The minimum absolute atomic E-state index is 0.804. The van der Waals surface area contributed by atoms with Gasteiger partial charge >= 0.3 is 0 Å². The molecule has 1 fully saturated rings. The highest BCUT2D eigenvalue weighted by atomic mass is 16.5. The maximum Gasteiger partial charge on any atom is 0.122 e. The van der Waals surface area contributed by atoms with Crippen molar-refractivity contribution >= 4 is 0 Å². The van der Waals surface area contributed by atoms with Gasteiger partial charge in [0.05, 0.1) is 7.11 Å². The predicted molar refractivity (Wildman–Crippen MR) is 79.8 cm³/mol. The van der Waals surface area contributed by atoms with Crippen LogP contribution in [0.3, 0.4) is 0 Å². The minimum atomic E-state index is 0.804. The molecule has 1 aliphatic rings. The molecule has 3 nitrogen and oxygen atoms in total. The molecule has 19 heavy (non-hydrogen) atoms. The standard InChI is InChI=1S/C16H26N2O/c1-12-13(2)16(19-4)8-5-14(12)11-18(3)10-9-17-15-6-7-15/h5,8,15,17H,6-7,9-11H2,1-4H3. The maximum absolute atomic E-state index is 5.36. The molecular formula is C16H26N2O. The van der Waals surface area contributed by atoms with Crippen LogP contribution in [0.1, 0.15) is 29.5 Å². The molecule has 0 spiro atoms. The van der Waals surface area contributed by atoms with Crippen LogP contribution >= 0.6 is 0 Å². The lowest BCUT2D eigenvalue weighted by molar-refractivity contribution is 0.323. The summed E-state index contributed by atoms with van der Waals surface area (Å²) < 4.78 is 5.36. The van der Waals surface area contributed by atoms with E-state index >= 15 is 0 Å². The highest BCUT2D eigenvalue weighted by Gasteiger charge is 2.19. The number of nitrogens with zero attached hydrogens (tertiary/aromatic N) is 1. The summed E-state index contributed by atoms with van der Waals surface area (Å²) in [5.41, 5.74) is 4.00. The third kappa shape index (κ3) is 3.95. The summed E-state index contributed by atoms with van der Waals surface area (Å²) in [4.78, 5) is 2.38. The zero-order valence-corrected chi connectivity index (χ0v) is 12.6. The molecule has 1 aromatic carbocycles. The van der Waals surface area contributed by atoms with Gasteiger partial charge in [0, 0.05) is 25.7 Å². The van der Waals surface area contributed by atoms with Gasteiger partial charge in [-0.1, -0.05) is 6.07 Å². The summed E-state index contributed by atoms with van der Waals surface area (Å²) in [5, 5.41) is 3.56. The van der Waals surface area contributed by atoms with Crippen molar-refractivity contribution in [2.45, 2.75) is 39.3 Å². The van der Waals surface area contributed by atoms with Crippen LogP contribution in [0.4, 0.5) is 0 Å². The van der Waals surface area contributed by atoms with Crippen LogP contribution in [0.25, 0.3) is 0 Å². The molecule has 0 aliphatic heterocycles. The number of hydrogen-bond donors (Lipinski definition) is 1. The van der Waals surface area contributed by atoms with E-state index in [-0.39, 0.29) is 0 Å². The van der Waals surface area contributed by atoms with Crippen LogP contribution in [0.15, 0.2) is 12.1 Å². The lowest BCUT2D eigenvalue weighted by Gasteiger charge is -2.20. The normalized spacial score (nSPS) is 15.0. The van der Waals surface area contributed by atoms with Crippen molar-refractivity contribution in [2.24, 2.45) is 0 Å². The maximum atomic E-state index is 5.36. The average Bonchev–Trinajstić information content (AvgIpc) is 3.19. The Hall–Kier alpha value is -1.06. The van der Waals surface area contributed by atoms with Crippen LogP contribution in [0, 0.1) is 13.8 Å². The van der Waals surface area contributed by atoms with E-state index in [1.165, 1.54) is 29.5 Å². The molecule has 0 bridgehead atoms. The van der Waals surface area contributed by atoms with E-state index in [1.54, 1.807) is 7.11 Å². The second-order valence-corrected chi connectivity index (χ2v) is 5.64. The van der Waals surface area contributed by atoms with Gasteiger partial charge in [-0.25, -0.2) is 0 Å². The van der Waals surface area contributed by atoms with Gasteiger partial charge in [-0.05, 0) is 56.5 Å². The number of hydrogen-bond acceptors (Lipinski definition) is 3. The first-order valence-corrected chi connectivity index (χ1v) is 7.17. The number of nitrogens with one attached hydrogen (secondary N) is 1. The van der Waals surface area contributed by atoms with E-state index in [4.69, 9.17) is 4.74 Å². The average molecular weight is 262 g/mol. The van der Waals surface area contributed by atoms with Gasteiger partial charge in [0.2, 0.25) is 0 Å². The van der Waals surface area contributed by atoms with E-state index in [2.05, 4.69) is 43.2 Å². The molecule has 1 aliphatic carbocycles. The molecule has 0 atom stereocenters. The summed E-state index contributed by atoms with van der Waals surface area (Å²) in [6.07, 6.45) is 2.72. The Morgan fingerprint density at radius 1 is 1.26 bits per heavy atom. The number of likely N-dealkylation sites (N-methyl/N-ethyl adjacent to an activating group) is 1. The van der Waals surface area contributed by atoms with Crippen molar-refractivity contribution in [1.82, 2.24) is 10.2 Å². The lowest BCUT2D eigenvalue weighted by atomic mass is 10.0. The van der Waals surface area contributed by atoms with Gasteiger partial charge in [0.25, 0.3) is 0 Å². The molecule has 0 saturated heterocycles. The lowest BCUT2D eigenvalue weighted by Crippen LogP contribution is -2.30. The van der Waals surface area contributed by atoms with Gasteiger partial charge in [0.1, 0.15) is 5.75 Å². The number of methoxy groups -OCH3 is 1. The Balaban J connectivity index is 1.88. The molecular weight excluding hydrogens is 236 g/mol. The van der Waals surface area contributed by atoms with Crippen LogP contribution in [0.2, 0.25) is 0 Å². The number of benzene rings is 1. The SMILES string of the molecule is COc1ccc(CN(C)CCNC2CC2)c(C)c1C. The van der Waals surface area contributed by atoms with Crippen LogP contribution in [0.5, 0.6) is 5.75 Å². The second-order valence-electron chi connectivity index (χ2n) is 5.64. The van der Waals surface area contributed by atoms with Crippen molar-refractivity contribution in [2.75, 3.05) is 27.2 Å². The Morgan fingerprint density at radius 3 is 2.63 bits per heavy atom. The first kappa shape index (κ1) is 14.4. The highest BCUT2D eigenvalue weighted by molar-refractivity contribution is 5.43. The van der Waals surface area contributed by atoms with Crippen molar-refractivity contribution in [3.8, 4) is 5.75 Å². The van der Waals surface area contributed by atoms with Gasteiger partial charge in [0.15, 0.2) is 0 Å². The van der Waals surface area contributed by atoms with Gasteiger partial charge in [-0.2, -0.15) is 0 Å². The largest absolute Gasteiger partial charge is 0.496 e. The van der Waals surface area contributed by atoms with Crippen LogP contribution in [-0.2, 0) is 6.54 Å². The smallest absolute Gasteiger partial charge is 0.122 e. The summed E-state index contributed by atoms with van der Waals surface area (Å²) in [6.45, 7) is 7.51. The fourth-order valence-corrected chi connectivity index (χ4v) is 2.36. The molecule has 3 heteroatoms. The zero-order chi connectivity index (χ0) is 13.8. The third-order valence-corrected chi connectivity index (χ3v) is 4.01. The van der Waals surface area contributed by atoms with Gasteiger partial charge in [-0.3, -0.25) is 0 Å². The van der Waals surface area contributed by atoms with Crippen molar-refractivity contribution in [3.63, 3.8) is 0 Å². The molecule has 0 unspecified atom stereocenters. The molecule has 1 aromatic rings. The predicted octanol–water partition coefficient (Wildman–Crippen LogP) is 2.50. The van der Waals surface area contributed by atoms with Gasteiger partial charge in [-0.15, -0.1) is 0 Å². The van der Waals surface area contributed by atoms with Gasteiger partial charge < -0.3 is 15.0 Å². The molecule has 1 N–H and O–H groups in total. The van der Waals surface area contributed by atoms with E-state index in [1.807, 2.05) is 0 Å². The van der Waals surface area contributed by atoms with Crippen LogP contribution in [-0.4, -0.2) is 38.2 Å². The molecule has 0 aromatic heterocycles. The summed E-state index contributed by atoms with van der Waals surface area (Å²) in [7, 11) is 3.92. The molecule has 2 rings (SSSR count). The fraction of sp³-hybridized carbons (Fsp3) is 0.625. The summed E-state index contributed by atoms with van der Waals surface area (Å²) in [6, 6.07) is 5.07. The number of rotatable bonds is 7. The van der Waals surface area contributed by atoms with E-state index < -0.39 is 0 Å². The van der Waals surface area contributed by atoms with Crippen molar-refractivity contribution in [3.05, 3.63) is 28.8 Å². The molecule has 0 heterocycles. The topological polar surface area (TPSA) is 24.5 Å². The molecule has 1 saturated carbocycles. The summed E-state index contributed by atoms with van der Waals surface area (Å²) >= 11 is 0. The van der Waals surface area contributed by atoms with E-state index in [9.17, 15) is 0 Å². The third-order valence-electron chi connectivity index (χ3n) is 4.01. The second kappa shape index (κ2) is 6.40. The Labute approximate surface area is 116 Å². The minimum Gasteiger partial charge on any atom is -0.496 e. The fourth-order valence-electron chi connectivity index (χ4n) is 2.36. The van der Waals surface area contributed by atoms with Crippen molar-refractivity contribution in [1.29, 1.82) is 0 Å². The zero-order valence-electron chi connectivity index (χ0n) is 12.6. The Morgan fingerprint density at radius 2 is 2.00 bits per heavy atom. The first-order chi connectivity index (χ1) is 9.11. The highest BCUT2D eigenvalue weighted by Crippen LogP contribution is 2.24. The first-order valence-electron chi connectivity index (χ1n) is 7.17. The molecule has 0 radical (unpaired) electrons. The van der Waals surface area contributed by atoms with E-state index in [0.29, 0.717) is 0 Å². The van der Waals surface area contributed by atoms with E-state index in [0.717, 1.165) is 31.4 Å². The van der Waals surface area contributed by atoms with Crippen LogP contribution < -0.4 is 10.1 Å². The number of ether oxygens (including phenoxy) is 1. The quantitative estimate of drug-likeness (QED) is 0.817. The van der Waals surface area contributed by atoms with Crippen molar-refractivity contribution < 1.29 is 4.74 Å². The Bertz CT molecular complexity index is 427. The molecule has 106 valence electrons. The Kier molecular flexibility index (Phi) is 4.83.